The Morgan fingerprint density at radius 2 is 2.15 bits per heavy atom. The van der Waals surface area contributed by atoms with Gasteiger partial charge < -0.3 is 10.1 Å². The Kier molecular flexibility index (Phi) is 4.09. The molecule has 2 aromatic heterocycles. The highest BCUT2D eigenvalue weighted by Crippen LogP contribution is 2.20. The number of pyridine rings is 1. The minimum atomic E-state index is -0.617. The lowest BCUT2D eigenvalue weighted by atomic mass is 10.3. The molecule has 0 aromatic carbocycles. The summed E-state index contributed by atoms with van der Waals surface area (Å²) in [5.74, 6) is -0.722. The van der Waals surface area contributed by atoms with Crippen LogP contribution in [0, 0.1) is 12.7 Å². The van der Waals surface area contributed by atoms with Crippen molar-refractivity contribution < 1.29 is 13.9 Å². The van der Waals surface area contributed by atoms with Crippen LogP contribution in [0.15, 0.2) is 18.5 Å². The van der Waals surface area contributed by atoms with Crippen molar-refractivity contribution in [3.05, 3.63) is 40.7 Å². The zero-order valence-corrected chi connectivity index (χ0v) is 11.4. The second kappa shape index (κ2) is 5.79. The largest absolute Gasteiger partial charge is 0.480 e. The SMILES string of the molecule is COc1cnc(C(=O)Nc2cc(Cl)c(F)c(C)n2)cn1. The van der Waals surface area contributed by atoms with Crippen LogP contribution in [-0.4, -0.2) is 28.0 Å². The van der Waals surface area contributed by atoms with Gasteiger partial charge in [0, 0.05) is 6.07 Å². The Morgan fingerprint density at radius 1 is 1.40 bits per heavy atom. The number of hydrogen-bond donors (Lipinski definition) is 1. The fourth-order valence-corrected chi connectivity index (χ4v) is 1.64. The molecule has 6 nitrogen and oxygen atoms in total. The van der Waals surface area contributed by atoms with Crippen LogP contribution in [-0.2, 0) is 0 Å². The van der Waals surface area contributed by atoms with Crippen LogP contribution in [0.1, 0.15) is 16.2 Å². The number of aryl methyl sites for hydroxylation is 1. The molecular weight excluding hydrogens is 287 g/mol. The van der Waals surface area contributed by atoms with Crippen molar-refractivity contribution in [2.24, 2.45) is 0 Å². The van der Waals surface area contributed by atoms with Gasteiger partial charge in [0.1, 0.15) is 11.5 Å². The van der Waals surface area contributed by atoms with Gasteiger partial charge in [0.25, 0.3) is 5.91 Å². The van der Waals surface area contributed by atoms with Crippen LogP contribution in [0.3, 0.4) is 0 Å². The maximum atomic E-state index is 13.3. The van der Waals surface area contributed by atoms with Gasteiger partial charge in [-0.3, -0.25) is 4.79 Å². The summed E-state index contributed by atoms with van der Waals surface area (Å²) in [5, 5.41) is 2.34. The third-order valence-corrected chi connectivity index (χ3v) is 2.67. The van der Waals surface area contributed by atoms with Crippen molar-refractivity contribution >= 4 is 23.3 Å². The smallest absolute Gasteiger partial charge is 0.277 e. The molecule has 1 amide bonds. The Labute approximate surface area is 119 Å². The van der Waals surface area contributed by atoms with Crippen LogP contribution in [0.5, 0.6) is 5.88 Å². The minimum absolute atomic E-state index is 0.0747. The van der Waals surface area contributed by atoms with Crippen molar-refractivity contribution in [1.82, 2.24) is 15.0 Å². The van der Waals surface area contributed by atoms with Gasteiger partial charge in [-0.1, -0.05) is 11.6 Å². The van der Waals surface area contributed by atoms with Crippen molar-refractivity contribution in [2.45, 2.75) is 6.92 Å². The molecule has 0 aliphatic carbocycles. The zero-order valence-electron chi connectivity index (χ0n) is 10.6. The number of nitrogens with one attached hydrogen (secondary N) is 1. The minimum Gasteiger partial charge on any atom is -0.480 e. The first kappa shape index (κ1) is 14.1. The highest BCUT2D eigenvalue weighted by atomic mass is 35.5. The van der Waals surface area contributed by atoms with E-state index >= 15 is 0 Å². The van der Waals surface area contributed by atoms with Crippen LogP contribution in [0.2, 0.25) is 5.02 Å². The van der Waals surface area contributed by atoms with E-state index in [0.29, 0.717) is 5.88 Å². The number of anilines is 1. The molecule has 1 N–H and O–H groups in total. The molecule has 20 heavy (non-hydrogen) atoms. The van der Waals surface area contributed by atoms with E-state index in [2.05, 4.69) is 20.3 Å². The normalized spacial score (nSPS) is 10.2. The van der Waals surface area contributed by atoms with Crippen molar-refractivity contribution in [2.75, 3.05) is 12.4 Å². The first-order valence-corrected chi connectivity index (χ1v) is 5.89. The average molecular weight is 297 g/mol. The first-order chi connectivity index (χ1) is 9.51. The van der Waals surface area contributed by atoms with Crippen molar-refractivity contribution in [3.8, 4) is 5.88 Å². The molecule has 0 bridgehead atoms. The molecule has 8 heteroatoms. The van der Waals surface area contributed by atoms with Gasteiger partial charge in [-0.15, -0.1) is 0 Å². The number of rotatable bonds is 3. The van der Waals surface area contributed by atoms with Crippen LogP contribution in [0.25, 0.3) is 0 Å². The number of nitrogens with zero attached hydrogens (tertiary/aromatic N) is 3. The molecule has 2 aromatic rings. The fourth-order valence-electron chi connectivity index (χ4n) is 1.40. The molecule has 0 fully saturated rings. The molecule has 0 saturated carbocycles. The van der Waals surface area contributed by atoms with E-state index in [-0.39, 0.29) is 22.2 Å². The molecule has 0 aliphatic rings. The summed E-state index contributed by atoms with van der Waals surface area (Å²) >= 11 is 5.68. The monoisotopic (exact) mass is 296 g/mol. The third kappa shape index (κ3) is 3.00. The first-order valence-electron chi connectivity index (χ1n) is 5.51. The number of amides is 1. The average Bonchev–Trinajstić information content (AvgIpc) is 2.44. The predicted molar refractivity (Wildman–Crippen MR) is 70.5 cm³/mol. The van der Waals surface area contributed by atoms with Gasteiger partial charge in [0.15, 0.2) is 5.82 Å². The molecule has 0 aliphatic heterocycles. The van der Waals surface area contributed by atoms with E-state index in [1.807, 2.05) is 0 Å². The Morgan fingerprint density at radius 3 is 2.70 bits per heavy atom. The number of hydrogen-bond acceptors (Lipinski definition) is 5. The maximum absolute atomic E-state index is 13.3. The molecule has 104 valence electrons. The maximum Gasteiger partial charge on any atom is 0.277 e. The standard InChI is InChI=1S/C12H10ClFN4O2/c1-6-11(14)7(13)3-9(17-6)18-12(19)8-4-16-10(20-2)5-15-8/h3-5H,1-2H3,(H,17,18,19). The second-order valence-electron chi connectivity index (χ2n) is 3.79. The Hall–Kier alpha value is -2.28. The molecular formula is C12H10ClFN4O2. The van der Waals surface area contributed by atoms with Crippen LogP contribution < -0.4 is 10.1 Å². The molecule has 0 spiro atoms. The number of methoxy groups -OCH3 is 1. The lowest BCUT2D eigenvalue weighted by Crippen LogP contribution is -2.15. The number of aromatic nitrogens is 3. The van der Waals surface area contributed by atoms with E-state index in [1.165, 1.54) is 32.5 Å². The summed E-state index contributed by atoms with van der Waals surface area (Å²) < 4.78 is 18.1. The summed E-state index contributed by atoms with van der Waals surface area (Å²) in [6, 6.07) is 1.22. The second-order valence-corrected chi connectivity index (χ2v) is 4.19. The highest BCUT2D eigenvalue weighted by Gasteiger charge is 2.12. The van der Waals surface area contributed by atoms with Gasteiger partial charge in [-0.2, -0.15) is 0 Å². The molecule has 0 radical (unpaired) electrons. The van der Waals surface area contributed by atoms with Gasteiger partial charge in [-0.05, 0) is 6.92 Å². The molecule has 0 unspecified atom stereocenters. The summed E-state index contributed by atoms with van der Waals surface area (Å²) in [6.07, 6.45) is 2.57. The molecule has 0 saturated heterocycles. The number of ether oxygens (including phenoxy) is 1. The van der Waals surface area contributed by atoms with Crippen LogP contribution >= 0.6 is 11.6 Å². The summed E-state index contributed by atoms with van der Waals surface area (Å²) in [6.45, 7) is 1.45. The van der Waals surface area contributed by atoms with E-state index in [4.69, 9.17) is 16.3 Å². The van der Waals surface area contributed by atoms with Gasteiger partial charge in [0.2, 0.25) is 5.88 Å². The third-order valence-electron chi connectivity index (χ3n) is 2.39. The predicted octanol–water partition coefficient (Wildman–Crippen LogP) is 2.23. The topological polar surface area (TPSA) is 77.0 Å². The highest BCUT2D eigenvalue weighted by molar-refractivity contribution is 6.31. The van der Waals surface area contributed by atoms with E-state index in [9.17, 15) is 9.18 Å². The van der Waals surface area contributed by atoms with Crippen molar-refractivity contribution in [3.63, 3.8) is 0 Å². The number of halogens is 2. The lowest BCUT2D eigenvalue weighted by molar-refractivity contribution is 0.102. The van der Waals surface area contributed by atoms with Crippen molar-refractivity contribution in [1.29, 1.82) is 0 Å². The fraction of sp³-hybridized carbons (Fsp3) is 0.167. The van der Waals surface area contributed by atoms with Gasteiger partial charge >= 0.3 is 0 Å². The lowest BCUT2D eigenvalue weighted by Gasteiger charge is -2.06. The zero-order chi connectivity index (χ0) is 14.7. The summed E-state index contributed by atoms with van der Waals surface area (Å²) in [5.41, 5.74) is 0.166. The number of carbonyl (C=O) groups is 1. The quantitative estimate of drug-likeness (QED) is 0.940. The summed E-state index contributed by atoms with van der Waals surface area (Å²) in [4.78, 5) is 23.5. The van der Waals surface area contributed by atoms with Gasteiger partial charge in [0.05, 0.1) is 30.2 Å². The molecule has 2 rings (SSSR count). The van der Waals surface area contributed by atoms with Gasteiger partial charge in [-0.25, -0.2) is 19.3 Å². The Balaban J connectivity index is 2.18. The Bertz CT molecular complexity index is 625. The van der Waals surface area contributed by atoms with E-state index in [1.54, 1.807) is 0 Å². The molecule has 2 heterocycles. The van der Waals surface area contributed by atoms with E-state index in [0.717, 1.165) is 0 Å². The van der Waals surface area contributed by atoms with E-state index < -0.39 is 11.7 Å². The number of carbonyl (C=O) groups excluding carboxylic acids is 1. The van der Waals surface area contributed by atoms with Crippen LogP contribution in [0.4, 0.5) is 10.2 Å². The molecule has 0 atom stereocenters. The summed E-state index contributed by atoms with van der Waals surface area (Å²) in [7, 11) is 1.44.